The number of carboxylic acids is 2. The summed E-state index contributed by atoms with van der Waals surface area (Å²) in [6.07, 6.45) is 0. The lowest BCUT2D eigenvalue weighted by atomic mass is 9.96. The van der Waals surface area contributed by atoms with Gasteiger partial charge in [0.2, 0.25) is 0 Å². The van der Waals surface area contributed by atoms with E-state index in [1.54, 1.807) is 0 Å². The molecule has 0 aliphatic rings. The summed E-state index contributed by atoms with van der Waals surface area (Å²) in [5, 5.41) is 20.0. The van der Waals surface area contributed by atoms with Gasteiger partial charge in [0.1, 0.15) is 7.85 Å². The maximum Gasteiger partial charge on any atom is 0.335 e. The van der Waals surface area contributed by atoms with Crippen LogP contribution in [0.1, 0.15) is 10.4 Å². The van der Waals surface area contributed by atoms with Crippen molar-refractivity contribution in [2.75, 3.05) is 5.32 Å². The van der Waals surface area contributed by atoms with Crippen molar-refractivity contribution in [3.8, 4) is 0 Å². The highest BCUT2D eigenvalue weighted by Gasteiger charge is 2.10. The molecule has 1 aromatic rings. The molecule has 78 valence electrons. The highest BCUT2D eigenvalue weighted by atomic mass is 16.4. The minimum atomic E-state index is -1.01. The van der Waals surface area contributed by atoms with Crippen molar-refractivity contribution >= 4 is 25.5 Å². The molecule has 0 saturated heterocycles. The van der Waals surface area contributed by atoms with Gasteiger partial charge < -0.3 is 15.5 Å². The fourth-order valence-electron chi connectivity index (χ4n) is 1.02. The van der Waals surface area contributed by atoms with Crippen molar-refractivity contribution in [1.82, 2.24) is 0 Å². The second kappa shape index (κ2) is 4.50. The van der Waals surface area contributed by atoms with Crippen LogP contribution in [0.15, 0.2) is 24.3 Å². The molecular weight excluding hydrogens is 197 g/mol. The van der Waals surface area contributed by atoms with E-state index in [0.29, 0.717) is 5.69 Å². The molecule has 0 aliphatic heterocycles. The molecular formula is C9H10BNO4. The number of aromatic carboxylic acids is 1. The van der Waals surface area contributed by atoms with Crippen LogP contribution in [-0.2, 0) is 4.79 Å². The summed E-state index contributed by atoms with van der Waals surface area (Å²) in [6.45, 7) is 0. The number of nitrogens with one attached hydrogen (secondary N) is 1. The van der Waals surface area contributed by atoms with E-state index in [1.165, 1.54) is 32.1 Å². The summed E-state index contributed by atoms with van der Waals surface area (Å²) < 4.78 is 0. The van der Waals surface area contributed by atoms with E-state index in [1.807, 2.05) is 0 Å². The molecule has 1 aromatic carbocycles. The summed E-state index contributed by atoms with van der Waals surface area (Å²) in [6, 6.07) is 5.89. The van der Waals surface area contributed by atoms with Crippen LogP contribution < -0.4 is 5.32 Å². The molecule has 0 bridgehead atoms. The molecule has 6 heteroatoms. The van der Waals surface area contributed by atoms with E-state index < -0.39 is 17.9 Å². The number of hydrogen-bond donors (Lipinski definition) is 3. The Hall–Kier alpha value is -1.98. The van der Waals surface area contributed by atoms with Crippen LogP contribution in [0.5, 0.6) is 0 Å². The van der Waals surface area contributed by atoms with Crippen molar-refractivity contribution < 1.29 is 19.8 Å². The van der Waals surface area contributed by atoms with Gasteiger partial charge >= 0.3 is 11.9 Å². The van der Waals surface area contributed by atoms with Gasteiger partial charge in [-0.05, 0) is 24.3 Å². The molecule has 0 amide bonds. The Kier molecular flexibility index (Phi) is 3.33. The van der Waals surface area contributed by atoms with Gasteiger partial charge in [0.25, 0.3) is 0 Å². The zero-order valence-electron chi connectivity index (χ0n) is 8.10. The van der Waals surface area contributed by atoms with Crippen LogP contribution in [0.2, 0.25) is 0 Å². The summed E-state index contributed by atoms with van der Waals surface area (Å²) in [5.41, 5.74) is 0.749. The van der Waals surface area contributed by atoms with Gasteiger partial charge in [0.05, 0.1) is 11.5 Å². The molecule has 5 nitrogen and oxygen atoms in total. The largest absolute Gasteiger partial charge is 0.480 e. The van der Waals surface area contributed by atoms with E-state index in [0.717, 1.165) is 0 Å². The van der Waals surface area contributed by atoms with Crippen molar-refractivity contribution in [2.24, 2.45) is 0 Å². The first-order chi connectivity index (χ1) is 7.00. The monoisotopic (exact) mass is 207 g/mol. The smallest absolute Gasteiger partial charge is 0.335 e. The first-order valence-corrected chi connectivity index (χ1v) is 4.33. The third kappa shape index (κ3) is 3.01. The van der Waals surface area contributed by atoms with Crippen LogP contribution >= 0.6 is 0 Å². The quantitative estimate of drug-likeness (QED) is 0.597. The summed E-state index contributed by atoms with van der Waals surface area (Å²) >= 11 is 0. The Morgan fingerprint density at radius 1 is 1.20 bits per heavy atom. The molecule has 0 radical (unpaired) electrons. The molecule has 0 aliphatic carbocycles. The lowest BCUT2D eigenvalue weighted by Crippen LogP contribution is -2.29. The zero-order chi connectivity index (χ0) is 11.4. The predicted molar refractivity (Wildman–Crippen MR) is 57.0 cm³/mol. The molecule has 0 spiro atoms. The number of carbonyl (C=O) groups is 2. The number of carboxylic acid groups (broad SMARTS) is 2. The second-order valence-electron chi connectivity index (χ2n) is 3.09. The molecule has 0 heterocycles. The summed E-state index contributed by atoms with van der Waals surface area (Å²) in [5.74, 6) is -2.68. The Morgan fingerprint density at radius 2 is 1.73 bits per heavy atom. The Balaban J connectivity index is 2.72. The highest BCUT2D eigenvalue weighted by molar-refractivity contribution is 6.24. The fourth-order valence-corrected chi connectivity index (χ4v) is 1.02. The van der Waals surface area contributed by atoms with E-state index >= 15 is 0 Å². The van der Waals surface area contributed by atoms with Gasteiger partial charge in [0, 0.05) is 5.69 Å². The Bertz CT molecular complexity index is 376. The van der Waals surface area contributed by atoms with Gasteiger partial charge in [-0.15, -0.1) is 0 Å². The second-order valence-corrected chi connectivity index (χ2v) is 3.09. The number of aliphatic carboxylic acids is 1. The molecule has 0 aromatic heterocycles. The van der Waals surface area contributed by atoms with Crippen molar-refractivity contribution in [3.05, 3.63) is 29.8 Å². The van der Waals surface area contributed by atoms with Crippen molar-refractivity contribution in [1.29, 1.82) is 0 Å². The number of anilines is 1. The zero-order valence-corrected chi connectivity index (χ0v) is 8.10. The molecule has 0 fully saturated rings. The highest BCUT2D eigenvalue weighted by Crippen LogP contribution is 2.10. The maximum atomic E-state index is 10.5. The number of rotatable bonds is 4. The van der Waals surface area contributed by atoms with Crippen molar-refractivity contribution in [3.63, 3.8) is 0 Å². The lowest BCUT2D eigenvalue weighted by Gasteiger charge is -2.10. The Morgan fingerprint density at radius 3 is 2.13 bits per heavy atom. The van der Waals surface area contributed by atoms with Gasteiger partial charge in [-0.3, -0.25) is 4.79 Å². The van der Waals surface area contributed by atoms with E-state index in [9.17, 15) is 9.59 Å². The maximum absolute atomic E-state index is 10.5. The van der Waals surface area contributed by atoms with Gasteiger partial charge in [-0.25, -0.2) is 4.79 Å². The molecule has 1 unspecified atom stereocenters. The third-order valence-electron chi connectivity index (χ3n) is 1.89. The molecule has 15 heavy (non-hydrogen) atoms. The third-order valence-corrected chi connectivity index (χ3v) is 1.89. The van der Waals surface area contributed by atoms with E-state index in [-0.39, 0.29) is 5.56 Å². The van der Waals surface area contributed by atoms with Crippen LogP contribution in [0.3, 0.4) is 0 Å². The Labute approximate surface area is 87.1 Å². The van der Waals surface area contributed by atoms with Crippen LogP contribution in [0.4, 0.5) is 5.69 Å². The molecule has 0 saturated carbocycles. The minimum absolute atomic E-state index is 0.170. The predicted octanol–water partition coefficient (Wildman–Crippen LogP) is -0.160. The summed E-state index contributed by atoms with van der Waals surface area (Å²) in [4.78, 5) is 21.1. The van der Waals surface area contributed by atoms with Gasteiger partial charge in [-0.1, -0.05) is 0 Å². The lowest BCUT2D eigenvalue weighted by molar-refractivity contribution is -0.136. The van der Waals surface area contributed by atoms with Crippen LogP contribution in [-0.4, -0.2) is 35.9 Å². The minimum Gasteiger partial charge on any atom is -0.480 e. The molecule has 1 atom stereocenters. The first kappa shape index (κ1) is 11.1. The number of benzene rings is 1. The van der Waals surface area contributed by atoms with Crippen LogP contribution in [0, 0.1) is 0 Å². The molecule has 1 rings (SSSR count). The fraction of sp³-hybridized carbons (Fsp3) is 0.111. The number of hydrogen-bond acceptors (Lipinski definition) is 3. The van der Waals surface area contributed by atoms with Gasteiger partial charge in [0.15, 0.2) is 0 Å². The van der Waals surface area contributed by atoms with E-state index in [4.69, 9.17) is 10.2 Å². The standard InChI is InChI=1S/C9H10BNO4/c10-7(9(14)15)11-6-3-1-5(2-4-6)8(12)13/h1-4,7,11H,10H2,(H,12,13)(H,14,15). The summed E-state index contributed by atoms with van der Waals surface area (Å²) in [7, 11) is 1.51. The topological polar surface area (TPSA) is 86.6 Å². The van der Waals surface area contributed by atoms with Gasteiger partial charge in [-0.2, -0.15) is 0 Å². The SMILES string of the molecule is BC(Nc1ccc(C(=O)O)cc1)C(=O)O. The first-order valence-electron chi connectivity index (χ1n) is 4.33. The molecule has 3 N–H and O–H groups in total. The average Bonchev–Trinajstić information content (AvgIpc) is 2.18. The van der Waals surface area contributed by atoms with E-state index in [2.05, 4.69) is 5.32 Å². The van der Waals surface area contributed by atoms with Crippen molar-refractivity contribution in [2.45, 2.75) is 5.94 Å². The average molecular weight is 207 g/mol. The van der Waals surface area contributed by atoms with Crippen LogP contribution in [0.25, 0.3) is 0 Å². The normalized spacial score (nSPS) is 11.7.